The second-order valence-electron chi connectivity index (χ2n) is 9.10. The van der Waals surface area contributed by atoms with Crippen molar-refractivity contribution in [3.63, 3.8) is 0 Å². The van der Waals surface area contributed by atoms with Gasteiger partial charge in [0.1, 0.15) is 11.9 Å². The lowest BCUT2D eigenvalue weighted by Crippen LogP contribution is -2.48. The Morgan fingerprint density at radius 1 is 1.06 bits per heavy atom. The van der Waals surface area contributed by atoms with E-state index >= 15 is 0 Å². The van der Waals surface area contributed by atoms with E-state index in [0.29, 0.717) is 25.4 Å². The van der Waals surface area contributed by atoms with E-state index in [0.717, 1.165) is 56.7 Å². The second kappa shape index (κ2) is 10.3. The molecule has 32 heavy (non-hydrogen) atoms. The number of hydrogen-bond acceptors (Lipinski definition) is 5. The van der Waals surface area contributed by atoms with Gasteiger partial charge in [-0.1, -0.05) is 0 Å². The highest BCUT2D eigenvalue weighted by molar-refractivity contribution is 5.80. The van der Waals surface area contributed by atoms with Gasteiger partial charge in [0.05, 0.1) is 18.8 Å². The summed E-state index contributed by atoms with van der Waals surface area (Å²) < 4.78 is 54.3. The molecule has 9 heteroatoms. The van der Waals surface area contributed by atoms with Crippen molar-refractivity contribution >= 4 is 5.91 Å². The van der Waals surface area contributed by atoms with Crippen LogP contribution < -0.4 is 14.8 Å². The van der Waals surface area contributed by atoms with E-state index in [1.54, 1.807) is 0 Å². The topological polar surface area (TPSA) is 77.0 Å². The van der Waals surface area contributed by atoms with Gasteiger partial charge in [-0.25, -0.2) is 4.39 Å². The highest BCUT2D eigenvalue weighted by Crippen LogP contribution is 2.37. The maximum Gasteiger partial charge on any atom is 0.387 e. The van der Waals surface area contributed by atoms with Crippen molar-refractivity contribution in [2.45, 2.75) is 82.3 Å². The van der Waals surface area contributed by atoms with Crippen molar-refractivity contribution in [1.82, 2.24) is 5.32 Å². The predicted octanol–water partition coefficient (Wildman–Crippen LogP) is 3.80. The molecule has 3 aliphatic carbocycles. The molecule has 3 saturated carbocycles. The molecule has 2 N–H and O–H groups in total. The average molecular weight is 457 g/mol. The molecule has 178 valence electrons. The predicted molar refractivity (Wildman–Crippen MR) is 109 cm³/mol. The standard InChI is InChI=1S/C23H30F3NO5/c24-15-3-8-20(32-23(25)26)21(11-15)31-18-9-14(10-18)22(29)27-16-4-6-17(7-5-16)30-12-19(28)13-1-2-13/h3,8,11,13-14,16-19,23,28H,1-2,4-7,9-10,12H2,(H,27,29)/t14-,16-,17-,18-,19?. The van der Waals surface area contributed by atoms with Gasteiger partial charge in [0.2, 0.25) is 5.91 Å². The van der Waals surface area contributed by atoms with Crippen LogP contribution in [0.25, 0.3) is 0 Å². The van der Waals surface area contributed by atoms with Crippen molar-refractivity contribution in [3.8, 4) is 11.5 Å². The minimum atomic E-state index is -3.04. The molecule has 0 spiro atoms. The van der Waals surface area contributed by atoms with Gasteiger partial charge in [-0.05, 0) is 69.4 Å². The minimum absolute atomic E-state index is 0.0401. The molecular weight excluding hydrogens is 427 g/mol. The minimum Gasteiger partial charge on any atom is -0.486 e. The first-order chi connectivity index (χ1) is 15.4. The Morgan fingerprint density at radius 2 is 1.78 bits per heavy atom. The molecule has 1 aromatic carbocycles. The van der Waals surface area contributed by atoms with Gasteiger partial charge < -0.3 is 24.6 Å². The Hall–Kier alpha value is -2.00. The Bertz CT molecular complexity index is 777. The highest BCUT2D eigenvalue weighted by atomic mass is 19.3. The summed E-state index contributed by atoms with van der Waals surface area (Å²) in [4.78, 5) is 12.5. The van der Waals surface area contributed by atoms with Gasteiger partial charge in [-0.15, -0.1) is 0 Å². The fraction of sp³-hybridized carbons (Fsp3) is 0.696. The molecule has 6 nitrogen and oxygen atoms in total. The van der Waals surface area contributed by atoms with Gasteiger partial charge in [-0.2, -0.15) is 8.78 Å². The number of carbonyl (C=O) groups is 1. The van der Waals surface area contributed by atoms with Crippen LogP contribution in [-0.4, -0.2) is 48.6 Å². The van der Waals surface area contributed by atoms with Crippen molar-refractivity contribution in [2.24, 2.45) is 11.8 Å². The van der Waals surface area contributed by atoms with Crippen LogP contribution in [0.1, 0.15) is 51.4 Å². The van der Waals surface area contributed by atoms with Crippen LogP contribution in [-0.2, 0) is 9.53 Å². The van der Waals surface area contributed by atoms with E-state index in [1.807, 2.05) is 0 Å². The number of amides is 1. The molecule has 3 aliphatic rings. The molecule has 0 heterocycles. The second-order valence-corrected chi connectivity index (χ2v) is 9.10. The summed E-state index contributed by atoms with van der Waals surface area (Å²) in [6.07, 6.45) is 5.85. The molecule has 1 aromatic rings. The fourth-order valence-corrected chi connectivity index (χ4v) is 4.37. The molecule has 1 unspecified atom stereocenters. The van der Waals surface area contributed by atoms with Crippen molar-refractivity contribution in [2.75, 3.05) is 6.61 Å². The lowest BCUT2D eigenvalue weighted by molar-refractivity contribution is -0.132. The van der Waals surface area contributed by atoms with Crippen molar-refractivity contribution in [3.05, 3.63) is 24.0 Å². The molecule has 4 rings (SSSR count). The summed E-state index contributed by atoms with van der Waals surface area (Å²) in [5.41, 5.74) is 0. The molecule has 0 aliphatic heterocycles. The van der Waals surface area contributed by atoms with Gasteiger partial charge in [0.15, 0.2) is 11.5 Å². The number of carbonyl (C=O) groups excluding carboxylic acids is 1. The van der Waals surface area contributed by atoms with E-state index in [2.05, 4.69) is 10.1 Å². The largest absolute Gasteiger partial charge is 0.486 e. The third-order valence-corrected chi connectivity index (χ3v) is 6.57. The van der Waals surface area contributed by atoms with Gasteiger partial charge in [-0.3, -0.25) is 4.79 Å². The highest BCUT2D eigenvalue weighted by Gasteiger charge is 2.38. The fourth-order valence-electron chi connectivity index (χ4n) is 4.37. The number of alkyl halides is 2. The van der Waals surface area contributed by atoms with E-state index in [-0.39, 0.29) is 47.7 Å². The lowest BCUT2D eigenvalue weighted by Gasteiger charge is -2.36. The van der Waals surface area contributed by atoms with E-state index < -0.39 is 12.4 Å². The zero-order valence-electron chi connectivity index (χ0n) is 17.9. The number of rotatable bonds is 10. The van der Waals surface area contributed by atoms with Crippen LogP contribution >= 0.6 is 0 Å². The molecule has 1 amide bonds. The van der Waals surface area contributed by atoms with Crippen LogP contribution in [0.2, 0.25) is 0 Å². The molecule has 0 saturated heterocycles. The third kappa shape index (κ3) is 6.28. The van der Waals surface area contributed by atoms with Gasteiger partial charge >= 0.3 is 6.61 Å². The van der Waals surface area contributed by atoms with Gasteiger partial charge in [0.25, 0.3) is 0 Å². The normalized spacial score (nSPS) is 28.7. The van der Waals surface area contributed by atoms with E-state index in [1.165, 1.54) is 0 Å². The first-order valence-corrected chi connectivity index (χ1v) is 11.4. The van der Waals surface area contributed by atoms with Crippen molar-refractivity contribution in [1.29, 1.82) is 0 Å². The maximum absolute atomic E-state index is 13.5. The molecule has 3 fully saturated rings. The molecular formula is C23H30F3NO5. The molecule has 0 radical (unpaired) electrons. The summed E-state index contributed by atoms with van der Waals surface area (Å²) in [6, 6.07) is 3.24. The number of benzene rings is 1. The summed E-state index contributed by atoms with van der Waals surface area (Å²) in [6.45, 7) is -2.64. The SMILES string of the molecule is O=C(N[C@H]1CC[C@H](OCC(O)C2CC2)CC1)[C@H]1C[C@H](Oc2cc(F)ccc2OC(F)F)C1. The van der Waals surface area contributed by atoms with Crippen LogP contribution in [0.4, 0.5) is 13.2 Å². The monoisotopic (exact) mass is 457 g/mol. The van der Waals surface area contributed by atoms with Crippen LogP contribution in [0.15, 0.2) is 18.2 Å². The smallest absolute Gasteiger partial charge is 0.387 e. The average Bonchev–Trinajstić information content (AvgIpc) is 3.56. The number of ether oxygens (including phenoxy) is 3. The number of aliphatic hydroxyl groups is 1. The molecule has 0 bridgehead atoms. The zero-order valence-corrected chi connectivity index (χ0v) is 17.9. The Balaban J connectivity index is 1.15. The summed E-state index contributed by atoms with van der Waals surface area (Å²) >= 11 is 0. The number of nitrogens with one attached hydrogen (secondary N) is 1. The van der Waals surface area contributed by atoms with Crippen LogP contribution in [0.3, 0.4) is 0 Å². The summed E-state index contributed by atoms with van der Waals surface area (Å²) in [5.74, 6) is -0.767. The number of hydrogen-bond donors (Lipinski definition) is 2. The van der Waals surface area contributed by atoms with Crippen LogP contribution in [0, 0.1) is 17.7 Å². The quantitative estimate of drug-likeness (QED) is 0.559. The van der Waals surface area contributed by atoms with Crippen LogP contribution in [0.5, 0.6) is 11.5 Å². The maximum atomic E-state index is 13.5. The van der Waals surface area contributed by atoms with Gasteiger partial charge in [0, 0.05) is 18.0 Å². The first kappa shape index (κ1) is 23.2. The molecule has 0 aromatic heterocycles. The first-order valence-electron chi connectivity index (χ1n) is 11.4. The lowest BCUT2D eigenvalue weighted by atomic mass is 9.81. The Kier molecular flexibility index (Phi) is 7.45. The number of aliphatic hydroxyl groups excluding tert-OH is 1. The third-order valence-electron chi connectivity index (χ3n) is 6.57. The zero-order chi connectivity index (χ0) is 22.7. The van der Waals surface area contributed by atoms with E-state index in [4.69, 9.17) is 9.47 Å². The summed E-state index contributed by atoms with van der Waals surface area (Å²) in [7, 11) is 0. The van der Waals surface area contributed by atoms with E-state index in [9.17, 15) is 23.1 Å². The summed E-state index contributed by atoms with van der Waals surface area (Å²) in [5, 5.41) is 13.0. The van der Waals surface area contributed by atoms with Crippen molar-refractivity contribution < 1.29 is 37.3 Å². The number of halogens is 3. The Labute approximate surface area is 185 Å². The molecule has 1 atom stereocenters. The Morgan fingerprint density at radius 3 is 2.44 bits per heavy atom.